The van der Waals surface area contributed by atoms with E-state index in [1.807, 2.05) is 30.3 Å². The van der Waals surface area contributed by atoms with Crippen molar-refractivity contribution in [3.63, 3.8) is 0 Å². The van der Waals surface area contributed by atoms with Gasteiger partial charge < -0.3 is 15.1 Å². The average molecular weight is 476 g/mol. The number of nitrogens with one attached hydrogen (secondary N) is 2. The lowest BCUT2D eigenvalue weighted by molar-refractivity contribution is -0.110. The number of hydrogen-bond acceptors (Lipinski definition) is 4. The molecule has 2 amide bonds. The van der Waals surface area contributed by atoms with Gasteiger partial charge in [-0.15, -0.1) is 0 Å². The number of furan rings is 1. The number of nitrogens with zero attached hydrogens (tertiary/aromatic N) is 1. The molecule has 5 rings (SSSR count). The highest BCUT2D eigenvalue weighted by atomic mass is 35.5. The lowest BCUT2D eigenvalue weighted by Gasteiger charge is -2.22. The van der Waals surface area contributed by atoms with Crippen molar-refractivity contribution in [2.24, 2.45) is 0 Å². The molecule has 3 heterocycles. The van der Waals surface area contributed by atoms with Crippen molar-refractivity contribution >= 4 is 40.8 Å². The fourth-order valence-corrected chi connectivity index (χ4v) is 4.87. The molecule has 1 atom stereocenters. The predicted molar refractivity (Wildman–Crippen MR) is 135 cm³/mol. The molecule has 34 heavy (non-hydrogen) atoms. The van der Waals surface area contributed by atoms with E-state index in [9.17, 15) is 9.59 Å². The first-order chi connectivity index (χ1) is 16.5. The van der Waals surface area contributed by atoms with Crippen molar-refractivity contribution < 1.29 is 14.0 Å². The summed E-state index contributed by atoms with van der Waals surface area (Å²) in [6, 6.07) is 16.7. The number of rotatable bonds is 6. The Morgan fingerprint density at radius 3 is 2.97 bits per heavy atom. The van der Waals surface area contributed by atoms with Gasteiger partial charge in [-0.3, -0.25) is 14.5 Å². The van der Waals surface area contributed by atoms with Crippen molar-refractivity contribution in [1.82, 2.24) is 10.2 Å². The highest BCUT2D eigenvalue weighted by Gasteiger charge is 2.25. The standard InChI is InChI=1S/C27H26ClN3O3/c1-2-31-12-4-7-20(31)16-29-26(32)18-6-3-5-17(13-18)25-11-9-21(34-25)15-23-22-14-19(28)8-10-24(22)30-27(23)33/h3,5-6,8-11,13-15,20H,2,4,7,12,16H2,1H3,(H,29,32)(H,30,33). The maximum absolute atomic E-state index is 12.8. The van der Waals surface area contributed by atoms with Gasteiger partial charge in [0.05, 0.1) is 5.57 Å². The fraction of sp³-hybridized carbons (Fsp3) is 0.259. The zero-order valence-corrected chi connectivity index (χ0v) is 19.7. The lowest BCUT2D eigenvalue weighted by atomic mass is 10.1. The van der Waals surface area contributed by atoms with Crippen molar-refractivity contribution in [2.45, 2.75) is 25.8 Å². The van der Waals surface area contributed by atoms with Gasteiger partial charge in [0.2, 0.25) is 0 Å². The van der Waals surface area contributed by atoms with Gasteiger partial charge >= 0.3 is 0 Å². The Morgan fingerprint density at radius 2 is 2.12 bits per heavy atom. The van der Waals surface area contributed by atoms with E-state index in [2.05, 4.69) is 22.5 Å². The molecule has 3 aromatic rings. The van der Waals surface area contributed by atoms with Crippen LogP contribution in [0.25, 0.3) is 23.0 Å². The minimum absolute atomic E-state index is 0.0881. The molecule has 6 nitrogen and oxygen atoms in total. The molecule has 174 valence electrons. The number of hydrogen-bond donors (Lipinski definition) is 2. The molecule has 1 unspecified atom stereocenters. The summed E-state index contributed by atoms with van der Waals surface area (Å²) < 4.78 is 6.00. The van der Waals surface area contributed by atoms with Crippen LogP contribution in [0, 0.1) is 0 Å². The third-order valence-corrected chi connectivity index (χ3v) is 6.73. The quantitative estimate of drug-likeness (QED) is 0.474. The molecule has 0 radical (unpaired) electrons. The van der Waals surface area contributed by atoms with E-state index in [1.54, 1.807) is 30.3 Å². The molecule has 2 aliphatic heterocycles. The van der Waals surface area contributed by atoms with Gasteiger partial charge in [0.15, 0.2) is 0 Å². The molecule has 0 spiro atoms. The second-order valence-corrected chi connectivity index (χ2v) is 9.06. The molecule has 1 aromatic heterocycles. The van der Waals surface area contributed by atoms with Crippen molar-refractivity contribution in [3.05, 3.63) is 76.5 Å². The largest absolute Gasteiger partial charge is 0.457 e. The molecule has 1 saturated heterocycles. The minimum atomic E-state index is -0.196. The number of halogens is 1. The summed E-state index contributed by atoms with van der Waals surface area (Å²) in [7, 11) is 0. The van der Waals surface area contributed by atoms with Crippen molar-refractivity contribution in [3.8, 4) is 11.3 Å². The summed E-state index contributed by atoms with van der Waals surface area (Å²) in [5.41, 5.74) is 3.37. The molecule has 2 N–H and O–H groups in total. The first kappa shape index (κ1) is 22.4. The van der Waals surface area contributed by atoms with Crippen LogP contribution in [-0.2, 0) is 4.79 Å². The highest BCUT2D eigenvalue weighted by Crippen LogP contribution is 2.35. The van der Waals surface area contributed by atoms with Crippen LogP contribution in [0.1, 0.15) is 41.4 Å². The first-order valence-electron chi connectivity index (χ1n) is 11.6. The van der Waals surface area contributed by atoms with E-state index in [1.165, 1.54) is 6.42 Å². The second-order valence-electron chi connectivity index (χ2n) is 8.62. The highest BCUT2D eigenvalue weighted by molar-refractivity contribution is 6.36. The van der Waals surface area contributed by atoms with E-state index in [-0.39, 0.29) is 11.8 Å². The SMILES string of the molecule is CCN1CCCC1CNC(=O)c1cccc(-c2ccc(C=C3C(=O)Nc4ccc(Cl)cc43)o2)c1. The lowest BCUT2D eigenvalue weighted by Crippen LogP contribution is -2.40. The first-order valence-corrected chi connectivity index (χ1v) is 11.9. The zero-order valence-electron chi connectivity index (χ0n) is 18.9. The summed E-state index contributed by atoms with van der Waals surface area (Å²) in [4.78, 5) is 27.6. The Morgan fingerprint density at radius 1 is 1.24 bits per heavy atom. The molecule has 7 heteroatoms. The number of amides is 2. The number of likely N-dealkylation sites (tertiary alicyclic amines) is 1. The van der Waals surface area contributed by atoms with Crippen LogP contribution >= 0.6 is 11.6 Å². The second kappa shape index (κ2) is 9.49. The molecule has 1 fully saturated rings. The summed E-state index contributed by atoms with van der Waals surface area (Å²) in [6.07, 6.45) is 4.01. The third-order valence-electron chi connectivity index (χ3n) is 6.49. The van der Waals surface area contributed by atoms with Crippen LogP contribution in [0.4, 0.5) is 5.69 Å². The van der Waals surface area contributed by atoms with Gasteiger partial charge in [0, 0.05) is 40.0 Å². The van der Waals surface area contributed by atoms with Gasteiger partial charge in [0.1, 0.15) is 11.5 Å². The smallest absolute Gasteiger partial charge is 0.256 e. The Labute approximate surface area is 203 Å². The Balaban J connectivity index is 1.32. The number of fused-ring (bicyclic) bond motifs is 1. The van der Waals surface area contributed by atoms with Crippen LogP contribution in [-0.4, -0.2) is 42.4 Å². The van der Waals surface area contributed by atoms with Gasteiger partial charge in [-0.2, -0.15) is 0 Å². The number of anilines is 1. The van der Waals surface area contributed by atoms with Gasteiger partial charge in [-0.1, -0.05) is 30.7 Å². The molecular weight excluding hydrogens is 450 g/mol. The summed E-state index contributed by atoms with van der Waals surface area (Å²) in [6.45, 7) is 4.92. The van der Waals surface area contributed by atoms with E-state index in [0.717, 1.165) is 36.3 Å². The van der Waals surface area contributed by atoms with Gasteiger partial charge in [0.25, 0.3) is 11.8 Å². The number of carbonyl (C=O) groups is 2. The van der Waals surface area contributed by atoms with E-state index >= 15 is 0 Å². The molecule has 2 aromatic carbocycles. The molecule has 0 bridgehead atoms. The molecule has 2 aliphatic rings. The molecular formula is C27H26ClN3O3. The predicted octanol–water partition coefficient (Wildman–Crippen LogP) is 5.31. The molecule has 0 aliphatic carbocycles. The van der Waals surface area contributed by atoms with Gasteiger partial charge in [-0.25, -0.2) is 0 Å². The molecule has 0 saturated carbocycles. The normalized spacial score (nSPS) is 18.8. The van der Waals surface area contributed by atoms with E-state index in [0.29, 0.717) is 40.3 Å². The Bertz CT molecular complexity index is 1280. The average Bonchev–Trinajstić information content (AvgIpc) is 3.57. The number of benzene rings is 2. The van der Waals surface area contributed by atoms with Crippen LogP contribution in [0.2, 0.25) is 5.02 Å². The van der Waals surface area contributed by atoms with Gasteiger partial charge in [-0.05, 0) is 74.5 Å². The number of carbonyl (C=O) groups excluding carboxylic acids is 2. The topological polar surface area (TPSA) is 74.6 Å². The minimum Gasteiger partial charge on any atom is -0.457 e. The van der Waals surface area contributed by atoms with Crippen molar-refractivity contribution in [2.75, 3.05) is 25.0 Å². The van der Waals surface area contributed by atoms with E-state index in [4.69, 9.17) is 16.0 Å². The monoisotopic (exact) mass is 475 g/mol. The maximum atomic E-state index is 12.8. The fourth-order valence-electron chi connectivity index (χ4n) is 4.70. The van der Waals surface area contributed by atoms with E-state index < -0.39 is 0 Å². The van der Waals surface area contributed by atoms with Crippen LogP contribution in [0.3, 0.4) is 0 Å². The maximum Gasteiger partial charge on any atom is 0.256 e. The Kier molecular flexibility index (Phi) is 6.26. The van der Waals surface area contributed by atoms with Crippen LogP contribution < -0.4 is 10.6 Å². The van der Waals surface area contributed by atoms with Crippen molar-refractivity contribution in [1.29, 1.82) is 0 Å². The Hall–Kier alpha value is -3.35. The third kappa shape index (κ3) is 4.52. The number of likely N-dealkylation sites (N-methyl/N-ethyl adjacent to an activating group) is 1. The summed E-state index contributed by atoms with van der Waals surface area (Å²) in [5.74, 6) is 0.885. The summed E-state index contributed by atoms with van der Waals surface area (Å²) in [5, 5.41) is 6.48. The zero-order chi connectivity index (χ0) is 23.7. The van der Waals surface area contributed by atoms with Crippen LogP contribution in [0.15, 0.2) is 59.0 Å². The van der Waals surface area contributed by atoms with Crippen LogP contribution in [0.5, 0.6) is 0 Å². The summed E-state index contributed by atoms with van der Waals surface area (Å²) >= 11 is 6.11.